The van der Waals surface area contributed by atoms with Crippen molar-refractivity contribution in [3.05, 3.63) is 29.4 Å². The predicted molar refractivity (Wildman–Crippen MR) is 93.1 cm³/mol. The first-order valence-corrected chi connectivity index (χ1v) is 8.93. The zero-order valence-corrected chi connectivity index (χ0v) is 15.2. The van der Waals surface area contributed by atoms with Crippen molar-refractivity contribution >= 4 is 11.6 Å². The summed E-state index contributed by atoms with van der Waals surface area (Å²) in [5, 5.41) is 8.24. The van der Waals surface area contributed by atoms with Crippen LogP contribution in [0, 0.1) is 19.3 Å². The van der Waals surface area contributed by atoms with Crippen LogP contribution in [-0.4, -0.2) is 45.4 Å². The SMILES string of the molecule is Cc1noc(C)c1CN1CCC2(CC1)CCN(c1cnn(C)c1)C2=O. The summed E-state index contributed by atoms with van der Waals surface area (Å²) in [6.45, 7) is 7.50. The normalized spacial score (nSPS) is 20.8. The van der Waals surface area contributed by atoms with Gasteiger partial charge in [-0.25, -0.2) is 0 Å². The number of anilines is 1. The summed E-state index contributed by atoms with van der Waals surface area (Å²) in [7, 11) is 1.88. The molecule has 7 nitrogen and oxygen atoms in total. The van der Waals surface area contributed by atoms with Gasteiger partial charge in [0.2, 0.25) is 5.91 Å². The van der Waals surface area contributed by atoms with Gasteiger partial charge in [0.05, 0.1) is 23.0 Å². The Morgan fingerprint density at radius 3 is 2.52 bits per heavy atom. The van der Waals surface area contributed by atoms with Gasteiger partial charge in [-0.05, 0) is 46.2 Å². The number of hydrogen-bond acceptors (Lipinski definition) is 5. The average molecular weight is 343 g/mol. The van der Waals surface area contributed by atoms with Crippen molar-refractivity contribution in [3.63, 3.8) is 0 Å². The molecule has 134 valence electrons. The summed E-state index contributed by atoms with van der Waals surface area (Å²) in [6, 6.07) is 0. The van der Waals surface area contributed by atoms with E-state index in [-0.39, 0.29) is 11.3 Å². The Labute approximate surface area is 147 Å². The third kappa shape index (κ3) is 2.76. The molecular weight excluding hydrogens is 318 g/mol. The van der Waals surface area contributed by atoms with Crippen LogP contribution in [0.5, 0.6) is 0 Å². The minimum Gasteiger partial charge on any atom is -0.361 e. The molecule has 4 heterocycles. The number of nitrogens with zero attached hydrogens (tertiary/aromatic N) is 5. The quantitative estimate of drug-likeness (QED) is 0.853. The Morgan fingerprint density at radius 1 is 1.20 bits per heavy atom. The molecule has 0 aromatic carbocycles. The number of piperidine rings is 1. The van der Waals surface area contributed by atoms with Crippen LogP contribution in [0.25, 0.3) is 0 Å². The van der Waals surface area contributed by atoms with E-state index in [1.54, 1.807) is 10.9 Å². The van der Waals surface area contributed by atoms with Gasteiger partial charge in [0, 0.05) is 31.9 Å². The fraction of sp³-hybridized carbons (Fsp3) is 0.611. The summed E-state index contributed by atoms with van der Waals surface area (Å²) in [5.74, 6) is 1.18. The first kappa shape index (κ1) is 16.3. The highest BCUT2D eigenvalue weighted by Gasteiger charge is 2.48. The molecule has 0 N–H and O–H groups in total. The summed E-state index contributed by atoms with van der Waals surface area (Å²) in [6.07, 6.45) is 6.49. The van der Waals surface area contributed by atoms with Crippen molar-refractivity contribution < 1.29 is 9.32 Å². The monoisotopic (exact) mass is 343 g/mol. The zero-order chi connectivity index (χ0) is 17.6. The van der Waals surface area contributed by atoms with Gasteiger partial charge in [-0.2, -0.15) is 5.10 Å². The first-order valence-electron chi connectivity index (χ1n) is 8.93. The standard InChI is InChI=1S/C18H25N5O2/c1-13-16(14(2)25-20-13)12-22-7-4-18(5-8-22)6-9-23(17(18)24)15-10-19-21(3)11-15/h10-11H,4-9,12H2,1-3H3. The smallest absolute Gasteiger partial charge is 0.233 e. The lowest BCUT2D eigenvalue weighted by Crippen LogP contribution is -2.44. The molecule has 0 saturated carbocycles. The van der Waals surface area contributed by atoms with E-state index < -0.39 is 0 Å². The van der Waals surface area contributed by atoms with Crippen LogP contribution < -0.4 is 4.90 Å². The second kappa shape index (κ2) is 5.98. The Morgan fingerprint density at radius 2 is 1.92 bits per heavy atom. The van der Waals surface area contributed by atoms with Crippen molar-refractivity contribution in [2.75, 3.05) is 24.5 Å². The van der Waals surface area contributed by atoms with Crippen LogP contribution in [0.2, 0.25) is 0 Å². The molecule has 2 aliphatic heterocycles. The topological polar surface area (TPSA) is 67.4 Å². The molecule has 1 spiro atoms. The number of likely N-dealkylation sites (tertiary alicyclic amines) is 1. The fourth-order valence-corrected chi connectivity index (χ4v) is 4.17. The van der Waals surface area contributed by atoms with E-state index in [0.29, 0.717) is 0 Å². The van der Waals surface area contributed by atoms with Crippen molar-refractivity contribution in [3.8, 4) is 0 Å². The second-order valence-corrected chi connectivity index (χ2v) is 7.44. The molecule has 1 amide bonds. The summed E-state index contributed by atoms with van der Waals surface area (Å²) in [4.78, 5) is 17.4. The highest BCUT2D eigenvalue weighted by Crippen LogP contribution is 2.43. The number of aromatic nitrogens is 3. The fourth-order valence-electron chi connectivity index (χ4n) is 4.17. The third-order valence-electron chi connectivity index (χ3n) is 5.89. The van der Waals surface area contributed by atoms with Gasteiger partial charge < -0.3 is 9.42 Å². The van der Waals surface area contributed by atoms with Crippen LogP contribution in [0.15, 0.2) is 16.9 Å². The van der Waals surface area contributed by atoms with Gasteiger partial charge in [-0.1, -0.05) is 5.16 Å². The number of hydrogen-bond donors (Lipinski definition) is 0. The molecule has 0 aliphatic carbocycles. The van der Waals surface area contributed by atoms with Gasteiger partial charge in [0.25, 0.3) is 0 Å². The number of carbonyl (C=O) groups is 1. The maximum absolute atomic E-state index is 13.1. The maximum atomic E-state index is 13.1. The second-order valence-electron chi connectivity index (χ2n) is 7.44. The van der Waals surface area contributed by atoms with Crippen molar-refractivity contribution in [1.82, 2.24) is 19.8 Å². The molecule has 0 bridgehead atoms. The van der Waals surface area contributed by atoms with E-state index in [4.69, 9.17) is 4.52 Å². The molecule has 4 rings (SSSR count). The molecule has 2 aliphatic rings. The Kier molecular flexibility index (Phi) is 3.91. The van der Waals surface area contributed by atoms with E-state index in [1.807, 2.05) is 32.0 Å². The lowest BCUT2D eigenvalue weighted by atomic mass is 9.77. The average Bonchev–Trinajstić information content (AvgIpc) is 3.25. The van der Waals surface area contributed by atoms with E-state index in [1.165, 1.54) is 5.56 Å². The third-order valence-corrected chi connectivity index (χ3v) is 5.89. The number of rotatable bonds is 3. The molecule has 2 saturated heterocycles. The lowest BCUT2D eigenvalue weighted by Gasteiger charge is -2.37. The van der Waals surface area contributed by atoms with E-state index in [2.05, 4.69) is 15.2 Å². The Balaban J connectivity index is 1.42. The highest BCUT2D eigenvalue weighted by atomic mass is 16.5. The molecular formula is C18H25N5O2. The molecule has 2 fully saturated rings. The van der Waals surface area contributed by atoms with Gasteiger partial charge in [-0.3, -0.25) is 14.4 Å². The zero-order valence-electron chi connectivity index (χ0n) is 15.2. The molecule has 7 heteroatoms. The molecule has 2 aromatic heterocycles. The minimum absolute atomic E-state index is 0.189. The van der Waals surface area contributed by atoms with Crippen molar-refractivity contribution in [2.45, 2.75) is 39.7 Å². The Bertz CT molecular complexity index is 766. The molecule has 0 unspecified atom stereocenters. The van der Waals surface area contributed by atoms with Crippen LogP contribution >= 0.6 is 0 Å². The largest absolute Gasteiger partial charge is 0.361 e. The van der Waals surface area contributed by atoms with Crippen LogP contribution in [-0.2, 0) is 18.4 Å². The number of aryl methyl sites for hydroxylation is 3. The summed E-state index contributed by atoms with van der Waals surface area (Å²) >= 11 is 0. The predicted octanol–water partition coefficient (Wildman–Crippen LogP) is 2.04. The van der Waals surface area contributed by atoms with Crippen molar-refractivity contribution in [2.24, 2.45) is 12.5 Å². The lowest BCUT2D eigenvalue weighted by molar-refractivity contribution is -0.128. The maximum Gasteiger partial charge on any atom is 0.233 e. The number of amides is 1. The Hall–Kier alpha value is -2.15. The van der Waals surface area contributed by atoms with Crippen LogP contribution in [0.3, 0.4) is 0 Å². The van der Waals surface area contributed by atoms with E-state index >= 15 is 0 Å². The summed E-state index contributed by atoms with van der Waals surface area (Å²) < 4.78 is 7.02. The van der Waals surface area contributed by atoms with E-state index in [9.17, 15) is 4.79 Å². The van der Waals surface area contributed by atoms with Crippen molar-refractivity contribution in [1.29, 1.82) is 0 Å². The van der Waals surface area contributed by atoms with Gasteiger partial charge in [-0.15, -0.1) is 0 Å². The first-order chi connectivity index (χ1) is 12.0. The molecule has 2 aromatic rings. The highest BCUT2D eigenvalue weighted by molar-refractivity contribution is 5.99. The molecule has 0 radical (unpaired) electrons. The summed E-state index contributed by atoms with van der Waals surface area (Å²) in [5.41, 5.74) is 2.89. The van der Waals surface area contributed by atoms with Gasteiger partial charge in [0.1, 0.15) is 5.76 Å². The molecule has 0 atom stereocenters. The van der Waals surface area contributed by atoms with Crippen LogP contribution in [0.1, 0.15) is 36.3 Å². The van der Waals surface area contributed by atoms with Gasteiger partial charge in [0.15, 0.2) is 0 Å². The van der Waals surface area contributed by atoms with E-state index in [0.717, 1.165) is 62.6 Å². The van der Waals surface area contributed by atoms with Crippen LogP contribution in [0.4, 0.5) is 5.69 Å². The minimum atomic E-state index is -0.189. The van der Waals surface area contributed by atoms with Gasteiger partial charge >= 0.3 is 0 Å². The molecule has 25 heavy (non-hydrogen) atoms. The number of carbonyl (C=O) groups excluding carboxylic acids is 1.